The van der Waals surface area contributed by atoms with Crippen LogP contribution in [0, 0.1) is 6.92 Å². The largest absolute Gasteiger partial charge is 0.433 e. The van der Waals surface area contributed by atoms with Crippen molar-refractivity contribution in [1.82, 2.24) is 15.6 Å². The molecule has 0 bridgehead atoms. The number of carbonyl (C=O) groups excluding carboxylic acids is 2. The normalized spacial score (nSPS) is 11.1. The highest BCUT2D eigenvalue weighted by molar-refractivity contribution is 5.95. The summed E-state index contributed by atoms with van der Waals surface area (Å²) < 4.78 is 37.8. The van der Waals surface area contributed by atoms with Crippen molar-refractivity contribution >= 4 is 11.8 Å². The van der Waals surface area contributed by atoms with Crippen LogP contribution in [0.4, 0.5) is 13.2 Å². The van der Waals surface area contributed by atoms with Gasteiger partial charge in [-0.15, -0.1) is 0 Å². The number of carbonyl (C=O) groups is 2. The van der Waals surface area contributed by atoms with Crippen molar-refractivity contribution in [3.63, 3.8) is 0 Å². The van der Waals surface area contributed by atoms with Crippen LogP contribution in [0.25, 0.3) is 0 Å². The zero-order valence-corrected chi connectivity index (χ0v) is 13.6. The average molecular weight is 351 g/mol. The molecule has 25 heavy (non-hydrogen) atoms. The van der Waals surface area contributed by atoms with Crippen LogP contribution in [0.1, 0.15) is 37.7 Å². The molecule has 0 radical (unpaired) electrons. The van der Waals surface area contributed by atoms with Gasteiger partial charge in [0.25, 0.3) is 11.8 Å². The fourth-order valence-electron chi connectivity index (χ4n) is 2.15. The van der Waals surface area contributed by atoms with Crippen LogP contribution >= 0.6 is 0 Å². The molecule has 1 aromatic carbocycles. The van der Waals surface area contributed by atoms with Crippen LogP contribution in [0.15, 0.2) is 36.4 Å². The summed E-state index contributed by atoms with van der Waals surface area (Å²) in [5, 5.41) is 5.11. The monoisotopic (exact) mass is 351 g/mol. The quantitative estimate of drug-likeness (QED) is 0.890. The third kappa shape index (κ3) is 4.56. The number of halogens is 3. The summed E-state index contributed by atoms with van der Waals surface area (Å²) in [6.45, 7) is 1.52. The molecule has 0 saturated heterocycles. The first-order chi connectivity index (χ1) is 11.7. The molecule has 1 aromatic heterocycles. The van der Waals surface area contributed by atoms with E-state index in [1.807, 2.05) is 0 Å². The first-order valence-electron chi connectivity index (χ1n) is 7.36. The number of rotatable bonds is 4. The van der Waals surface area contributed by atoms with E-state index in [2.05, 4.69) is 15.6 Å². The lowest BCUT2D eigenvalue weighted by Crippen LogP contribution is -2.24. The molecule has 132 valence electrons. The van der Waals surface area contributed by atoms with Crippen LogP contribution in [0.2, 0.25) is 0 Å². The second-order valence-electron chi connectivity index (χ2n) is 5.29. The van der Waals surface area contributed by atoms with Gasteiger partial charge in [0.15, 0.2) is 0 Å². The minimum absolute atomic E-state index is 0.00212. The molecule has 2 rings (SSSR count). The van der Waals surface area contributed by atoms with Crippen molar-refractivity contribution in [2.45, 2.75) is 19.6 Å². The smallest absolute Gasteiger partial charge is 0.355 e. The Kier molecular flexibility index (Phi) is 5.41. The highest BCUT2D eigenvalue weighted by atomic mass is 19.4. The summed E-state index contributed by atoms with van der Waals surface area (Å²) >= 11 is 0. The predicted octanol–water partition coefficient (Wildman–Crippen LogP) is 2.70. The van der Waals surface area contributed by atoms with Gasteiger partial charge in [-0.25, -0.2) is 4.98 Å². The SMILES string of the molecule is CNC(=O)c1ccc(CNC(=O)c2ccc(C(F)(F)F)nc2C)cc1. The summed E-state index contributed by atoms with van der Waals surface area (Å²) in [6.07, 6.45) is -4.55. The standard InChI is InChI=1S/C17H16F3N3O2/c1-10-13(7-8-14(23-10)17(18,19)20)16(25)22-9-11-3-5-12(6-4-11)15(24)21-2/h3-8H,9H2,1-2H3,(H,21,24)(H,22,25). The van der Waals surface area contributed by atoms with Gasteiger partial charge in [-0.3, -0.25) is 9.59 Å². The van der Waals surface area contributed by atoms with Crippen LogP contribution in [0.3, 0.4) is 0 Å². The fourth-order valence-corrected chi connectivity index (χ4v) is 2.15. The van der Waals surface area contributed by atoms with E-state index in [0.717, 1.165) is 17.7 Å². The molecule has 0 spiro atoms. The van der Waals surface area contributed by atoms with E-state index in [1.165, 1.54) is 14.0 Å². The number of nitrogens with zero attached hydrogens (tertiary/aromatic N) is 1. The van der Waals surface area contributed by atoms with Gasteiger partial charge in [-0.1, -0.05) is 12.1 Å². The van der Waals surface area contributed by atoms with E-state index >= 15 is 0 Å². The minimum atomic E-state index is -4.55. The van der Waals surface area contributed by atoms with Gasteiger partial charge in [0.05, 0.1) is 11.3 Å². The van der Waals surface area contributed by atoms with Crippen LogP contribution in [-0.4, -0.2) is 23.8 Å². The summed E-state index contributed by atoms with van der Waals surface area (Å²) in [7, 11) is 1.52. The molecule has 0 atom stereocenters. The van der Waals surface area contributed by atoms with Crippen LogP contribution < -0.4 is 10.6 Å². The number of aromatic nitrogens is 1. The van der Waals surface area contributed by atoms with E-state index in [4.69, 9.17) is 0 Å². The van der Waals surface area contributed by atoms with Gasteiger partial charge >= 0.3 is 6.18 Å². The summed E-state index contributed by atoms with van der Waals surface area (Å²) in [5.41, 5.74) is 0.280. The molecule has 0 fully saturated rings. The Morgan fingerprint density at radius 1 is 1.04 bits per heavy atom. The zero-order chi connectivity index (χ0) is 18.6. The van der Waals surface area contributed by atoms with E-state index < -0.39 is 17.8 Å². The Labute approximate surface area is 142 Å². The number of pyridine rings is 1. The summed E-state index contributed by atoms with van der Waals surface area (Å²) in [5.74, 6) is -0.740. The van der Waals surface area contributed by atoms with Crippen molar-refractivity contribution in [2.75, 3.05) is 7.05 Å². The molecule has 1 heterocycles. The molecule has 0 unspecified atom stereocenters. The number of hydrogen-bond acceptors (Lipinski definition) is 3. The van der Waals surface area contributed by atoms with E-state index in [1.54, 1.807) is 24.3 Å². The maximum atomic E-state index is 12.6. The van der Waals surface area contributed by atoms with Gasteiger partial charge in [-0.2, -0.15) is 13.2 Å². The van der Waals surface area contributed by atoms with E-state index in [0.29, 0.717) is 5.56 Å². The number of hydrogen-bond donors (Lipinski definition) is 2. The van der Waals surface area contributed by atoms with Crippen LogP contribution in [0.5, 0.6) is 0 Å². The lowest BCUT2D eigenvalue weighted by Gasteiger charge is -2.11. The molecule has 0 aliphatic heterocycles. The number of nitrogens with one attached hydrogen (secondary N) is 2. The molecule has 0 aliphatic rings. The molecular weight excluding hydrogens is 335 g/mol. The Balaban J connectivity index is 2.04. The second kappa shape index (κ2) is 7.33. The summed E-state index contributed by atoms with van der Waals surface area (Å²) in [6, 6.07) is 8.48. The Morgan fingerprint density at radius 2 is 1.68 bits per heavy atom. The molecular formula is C17H16F3N3O2. The molecule has 5 nitrogen and oxygen atoms in total. The van der Waals surface area contributed by atoms with Gasteiger partial charge in [0.2, 0.25) is 0 Å². The average Bonchev–Trinajstić information content (AvgIpc) is 2.58. The topological polar surface area (TPSA) is 71.1 Å². The fraction of sp³-hybridized carbons (Fsp3) is 0.235. The van der Waals surface area contributed by atoms with Gasteiger partial charge < -0.3 is 10.6 Å². The Morgan fingerprint density at radius 3 is 2.20 bits per heavy atom. The maximum Gasteiger partial charge on any atom is 0.433 e. The maximum absolute atomic E-state index is 12.6. The highest BCUT2D eigenvalue weighted by Crippen LogP contribution is 2.28. The number of aryl methyl sites for hydroxylation is 1. The third-order valence-corrected chi connectivity index (χ3v) is 3.52. The number of alkyl halides is 3. The first-order valence-corrected chi connectivity index (χ1v) is 7.36. The molecule has 8 heteroatoms. The van der Waals surface area contributed by atoms with Crippen molar-refractivity contribution in [3.05, 3.63) is 64.5 Å². The van der Waals surface area contributed by atoms with Crippen molar-refractivity contribution in [1.29, 1.82) is 0 Å². The molecule has 2 N–H and O–H groups in total. The van der Waals surface area contributed by atoms with E-state index in [9.17, 15) is 22.8 Å². The molecule has 2 amide bonds. The predicted molar refractivity (Wildman–Crippen MR) is 85.0 cm³/mol. The third-order valence-electron chi connectivity index (χ3n) is 3.52. The lowest BCUT2D eigenvalue weighted by molar-refractivity contribution is -0.141. The summed E-state index contributed by atoms with van der Waals surface area (Å²) in [4.78, 5) is 27.0. The van der Waals surface area contributed by atoms with Crippen molar-refractivity contribution in [3.8, 4) is 0 Å². The zero-order valence-electron chi connectivity index (χ0n) is 13.6. The van der Waals surface area contributed by atoms with Crippen molar-refractivity contribution < 1.29 is 22.8 Å². The first kappa shape index (κ1) is 18.4. The molecule has 0 saturated carbocycles. The molecule has 0 aliphatic carbocycles. The molecule has 2 aromatic rings. The number of benzene rings is 1. The van der Waals surface area contributed by atoms with Gasteiger partial charge in [0, 0.05) is 19.2 Å². The Hall–Kier alpha value is -2.90. The lowest BCUT2D eigenvalue weighted by atomic mass is 10.1. The highest BCUT2D eigenvalue weighted by Gasteiger charge is 2.33. The Bertz CT molecular complexity index is 787. The minimum Gasteiger partial charge on any atom is -0.355 e. The van der Waals surface area contributed by atoms with Gasteiger partial charge in [0.1, 0.15) is 5.69 Å². The number of amides is 2. The van der Waals surface area contributed by atoms with Crippen LogP contribution in [-0.2, 0) is 12.7 Å². The second-order valence-corrected chi connectivity index (χ2v) is 5.29. The van der Waals surface area contributed by atoms with E-state index in [-0.39, 0.29) is 23.7 Å². The van der Waals surface area contributed by atoms with Gasteiger partial charge in [-0.05, 0) is 36.8 Å². The van der Waals surface area contributed by atoms with Crippen molar-refractivity contribution in [2.24, 2.45) is 0 Å².